The summed E-state index contributed by atoms with van der Waals surface area (Å²) in [6.45, 7) is 8.73. The molecule has 4 saturated heterocycles. The molecule has 4 fully saturated rings. The van der Waals surface area contributed by atoms with Gasteiger partial charge in [0.15, 0.2) is 0 Å². The Kier molecular flexibility index (Phi) is 3.43. The highest BCUT2D eigenvalue weighted by Crippen LogP contribution is 2.23. The summed E-state index contributed by atoms with van der Waals surface area (Å²) in [5, 5.41) is 6.69. The minimum Gasteiger partial charge on any atom is -0.381 e. The van der Waals surface area contributed by atoms with Crippen LogP contribution in [0.4, 0.5) is 0 Å². The maximum absolute atomic E-state index is 5.27. The zero-order chi connectivity index (χ0) is 10.8. The van der Waals surface area contributed by atoms with E-state index in [0.29, 0.717) is 0 Å². The first-order valence-electron chi connectivity index (χ1n) is 6.50. The van der Waals surface area contributed by atoms with E-state index in [2.05, 4.69) is 10.6 Å². The van der Waals surface area contributed by atoms with E-state index in [1.165, 1.54) is 26.2 Å². The van der Waals surface area contributed by atoms with Gasteiger partial charge in [-0.1, -0.05) is 0 Å². The van der Waals surface area contributed by atoms with Crippen molar-refractivity contribution in [2.45, 2.75) is 0 Å². The fraction of sp³-hybridized carbons (Fsp3) is 1.00. The third kappa shape index (κ3) is 2.25. The smallest absolute Gasteiger partial charge is 0.0510 e. The zero-order valence-electron chi connectivity index (χ0n) is 9.78. The van der Waals surface area contributed by atoms with Crippen molar-refractivity contribution < 1.29 is 9.47 Å². The van der Waals surface area contributed by atoms with Crippen LogP contribution in [-0.4, -0.2) is 52.6 Å². The number of nitrogens with one attached hydrogen (secondary N) is 2. The van der Waals surface area contributed by atoms with Crippen LogP contribution >= 0.6 is 0 Å². The molecule has 92 valence electrons. The molecule has 4 heteroatoms. The second kappa shape index (κ2) is 5.00. The predicted octanol–water partition coefficient (Wildman–Crippen LogP) is -0.296. The Morgan fingerprint density at radius 1 is 0.562 bits per heavy atom. The van der Waals surface area contributed by atoms with Crippen LogP contribution in [0.3, 0.4) is 0 Å². The Hall–Kier alpha value is -0.160. The first kappa shape index (κ1) is 11.0. The van der Waals surface area contributed by atoms with Crippen molar-refractivity contribution in [2.24, 2.45) is 23.7 Å². The summed E-state index contributed by atoms with van der Waals surface area (Å²) in [6, 6.07) is 0. The lowest BCUT2D eigenvalue weighted by atomic mass is 10.0. The van der Waals surface area contributed by atoms with Crippen molar-refractivity contribution in [3.05, 3.63) is 0 Å². The van der Waals surface area contributed by atoms with Gasteiger partial charge in [-0.05, 0) is 0 Å². The lowest BCUT2D eigenvalue weighted by molar-refractivity contribution is 0.175. The van der Waals surface area contributed by atoms with E-state index in [9.17, 15) is 0 Å². The largest absolute Gasteiger partial charge is 0.381 e. The molecule has 0 aliphatic carbocycles. The first-order valence-corrected chi connectivity index (χ1v) is 6.50. The van der Waals surface area contributed by atoms with Gasteiger partial charge < -0.3 is 20.1 Å². The third-order valence-electron chi connectivity index (χ3n) is 4.29. The fourth-order valence-electron chi connectivity index (χ4n) is 3.10. The van der Waals surface area contributed by atoms with Crippen LogP contribution in [0.25, 0.3) is 0 Å². The van der Waals surface area contributed by atoms with Gasteiger partial charge in [-0.2, -0.15) is 0 Å². The summed E-state index contributed by atoms with van der Waals surface area (Å²) in [5.41, 5.74) is 0. The Bertz CT molecular complexity index is 173. The molecule has 4 aliphatic heterocycles. The van der Waals surface area contributed by atoms with E-state index in [1.54, 1.807) is 0 Å². The topological polar surface area (TPSA) is 42.5 Å². The molecule has 0 unspecified atom stereocenters. The third-order valence-corrected chi connectivity index (χ3v) is 4.29. The molecule has 0 aromatic rings. The standard InChI is InChI=1S/2C6H11NO/c2*1-5-3-8-4-6(5)2-7-1/h2*5-7H,1-4H2/t2*5-,6+. The average Bonchev–Trinajstić information content (AvgIpc) is 2.99. The Labute approximate surface area is 97.1 Å². The van der Waals surface area contributed by atoms with E-state index < -0.39 is 0 Å². The van der Waals surface area contributed by atoms with Gasteiger partial charge in [-0.3, -0.25) is 0 Å². The van der Waals surface area contributed by atoms with E-state index in [4.69, 9.17) is 9.47 Å². The second-order valence-electron chi connectivity index (χ2n) is 5.43. The number of hydrogen-bond donors (Lipinski definition) is 2. The number of rotatable bonds is 0. The minimum absolute atomic E-state index is 0.843. The number of ether oxygens (including phenoxy) is 2. The monoisotopic (exact) mass is 226 g/mol. The molecular weight excluding hydrogens is 204 g/mol. The highest BCUT2D eigenvalue weighted by atomic mass is 16.5. The SMILES string of the molecule is C1NC[C@H]2COC[C@@H]12.C1NC[C@H]2COC[C@@H]12. The molecule has 0 amide bonds. The van der Waals surface area contributed by atoms with Gasteiger partial charge in [0.05, 0.1) is 26.4 Å². The van der Waals surface area contributed by atoms with Gasteiger partial charge in [-0.25, -0.2) is 0 Å². The molecule has 4 nitrogen and oxygen atoms in total. The van der Waals surface area contributed by atoms with E-state index in [1.807, 2.05) is 0 Å². The van der Waals surface area contributed by atoms with Crippen molar-refractivity contribution in [1.29, 1.82) is 0 Å². The molecule has 4 atom stereocenters. The second-order valence-corrected chi connectivity index (χ2v) is 5.43. The molecular formula is C12H22N2O2. The van der Waals surface area contributed by atoms with E-state index in [-0.39, 0.29) is 0 Å². The molecule has 4 rings (SSSR count). The van der Waals surface area contributed by atoms with Crippen LogP contribution in [0.5, 0.6) is 0 Å². The molecule has 4 aliphatic rings. The zero-order valence-corrected chi connectivity index (χ0v) is 9.78. The Morgan fingerprint density at radius 3 is 1.19 bits per heavy atom. The van der Waals surface area contributed by atoms with E-state index in [0.717, 1.165) is 50.1 Å². The Morgan fingerprint density at radius 2 is 0.875 bits per heavy atom. The highest BCUT2D eigenvalue weighted by Gasteiger charge is 2.32. The van der Waals surface area contributed by atoms with Gasteiger partial charge in [0.2, 0.25) is 0 Å². The molecule has 0 radical (unpaired) electrons. The van der Waals surface area contributed by atoms with Crippen molar-refractivity contribution in [2.75, 3.05) is 52.6 Å². The van der Waals surface area contributed by atoms with Crippen LogP contribution in [0, 0.1) is 23.7 Å². The summed E-state index contributed by atoms with van der Waals surface area (Å²) >= 11 is 0. The van der Waals surface area contributed by atoms with Crippen molar-refractivity contribution in [3.63, 3.8) is 0 Å². The van der Waals surface area contributed by atoms with Crippen molar-refractivity contribution in [1.82, 2.24) is 10.6 Å². The van der Waals surface area contributed by atoms with Crippen LogP contribution in [0.2, 0.25) is 0 Å². The van der Waals surface area contributed by atoms with Crippen LogP contribution < -0.4 is 10.6 Å². The number of fused-ring (bicyclic) bond motifs is 2. The molecule has 0 bridgehead atoms. The lowest BCUT2D eigenvalue weighted by Gasteiger charge is -1.99. The average molecular weight is 226 g/mol. The molecule has 2 N–H and O–H groups in total. The summed E-state index contributed by atoms with van der Waals surface area (Å²) in [4.78, 5) is 0. The van der Waals surface area contributed by atoms with Crippen LogP contribution in [0.1, 0.15) is 0 Å². The van der Waals surface area contributed by atoms with Gasteiger partial charge in [0.25, 0.3) is 0 Å². The molecule has 16 heavy (non-hydrogen) atoms. The Balaban J connectivity index is 0.000000101. The van der Waals surface area contributed by atoms with Gasteiger partial charge in [0.1, 0.15) is 0 Å². The summed E-state index contributed by atoms with van der Waals surface area (Å²) < 4.78 is 10.5. The molecule has 4 heterocycles. The molecule has 0 aromatic heterocycles. The summed E-state index contributed by atoms with van der Waals surface area (Å²) in [5.74, 6) is 3.37. The normalized spacial score (nSPS) is 45.0. The van der Waals surface area contributed by atoms with Crippen LogP contribution in [0.15, 0.2) is 0 Å². The summed E-state index contributed by atoms with van der Waals surface area (Å²) in [7, 11) is 0. The lowest BCUT2D eigenvalue weighted by Crippen LogP contribution is -2.11. The molecule has 0 saturated carbocycles. The van der Waals surface area contributed by atoms with Crippen LogP contribution in [-0.2, 0) is 9.47 Å². The quantitative estimate of drug-likeness (QED) is 0.595. The first-order chi connectivity index (χ1) is 7.93. The number of hydrogen-bond acceptors (Lipinski definition) is 4. The fourth-order valence-corrected chi connectivity index (χ4v) is 3.10. The molecule has 0 spiro atoms. The van der Waals surface area contributed by atoms with Crippen molar-refractivity contribution in [3.8, 4) is 0 Å². The highest BCUT2D eigenvalue weighted by molar-refractivity contribution is 4.84. The maximum Gasteiger partial charge on any atom is 0.0510 e. The van der Waals surface area contributed by atoms with Gasteiger partial charge >= 0.3 is 0 Å². The van der Waals surface area contributed by atoms with E-state index >= 15 is 0 Å². The van der Waals surface area contributed by atoms with Gasteiger partial charge in [0, 0.05) is 49.9 Å². The van der Waals surface area contributed by atoms with Crippen molar-refractivity contribution >= 4 is 0 Å². The summed E-state index contributed by atoms with van der Waals surface area (Å²) in [6.07, 6.45) is 0. The van der Waals surface area contributed by atoms with Gasteiger partial charge in [-0.15, -0.1) is 0 Å². The predicted molar refractivity (Wildman–Crippen MR) is 61.3 cm³/mol. The molecule has 0 aromatic carbocycles. The minimum atomic E-state index is 0.843. The maximum atomic E-state index is 5.27.